The molecule has 1 saturated heterocycles. The predicted octanol–water partition coefficient (Wildman–Crippen LogP) is 3.09. The Morgan fingerprint density at radius 1 is 1.25 bits per heavy atom. The summed E-state index contributed by atoms with van der Waals surface area (Å²) in [6.45, 7) is 11.1. The van der Waals surface area contributed by atoms with Crippen molar-refractivity contribution >= 4 is 11.6 Å². The number of aryl methyl sites for hydroxylation is 1. The molecular formula is C17H26N2O. The summed E-state index contributed by atoms with van der Waals surface area (Å²) in [5.41, 5.74) is 2.62. The maximum absolute atomic E-state index is 11.9. The van der Waals surface area contributed by atoms with Crippen LogP contribution in [0.3, 0.4) is 0 Å². The van der Waals surface area contributed by atoms with Crippen molar-refractivity contribution in [2.24, 2.45) is 0 Å². The Labute approximate surface area is 122 Å². The van der Waals surface area contributed by atoms with Gasteiger partial charge in [-0.3, -0.25) is 4.79 Å². The first kappa shape index (κ1) is 14.9. The summed E-state index contributed by atoms with van der Waals surface area (Å²) in [7, 11) is 0. The van der Waals surface area contributed by atoms with Crippen molar-refractivity contribution in [3.63, 3.8) is 0 Å². The Bertz CT molecular complexity index is 482. The third-order valence-electron chi connectivity index (χ3n) is 4.19. The standard InChI is InChI=1S/C17H26N2O/c1-5-14-8-7-9-15(12-14)19-11-10-18(16(20)6-2)13-17(19,3)4/h7-9,12H,5-6,10-11,13H2,1-4H3. The van der Waals surface area contributed by atoms with Crippen LogP contribution in [0.2, 0.25) is 0 Å². The van der Waals surface area contributed by atoms with E-state index in [1.807, 2.05) is 11.8 Å². The van der Waals surface area contributed by atoms with Crippen LogP contribution in [0.4, 0.5) is 5.69 Å². The minimum atomic E-state index is -0.0184. The number of amides is 1. The van der Waals surface area contributed by atoms with Crippen molar-refractivity contribution in [2.75, 3.05) is 24.5 Å². The average molecular weight is 274 g/mol. The van der Waals surface area contributed by atoms with Crippen LogP contribution in [0.25, 0.3) is 0 Å². The fourth-order valence-corrected chi connectivity index (χ4v) is 3.01. The maximum atomic E-state index is 11.9. The zero-order valence-corrected chi connectivity index (χ0v) is 13.1. The van der Waals surface area contributed by atoms with E-state index in [0.29, 0.717) is 6.42 Å². The van der Waals surface area contributed by atoms with Gasteiger partial charge < -0.3 is 9.80 Å². The normalized spacial score (nSPS) is 18.2. The van der Waals surface area contributed by atoms with E-state index in [1.54, 1.807) is 0 Å². The van der Waals surface area contributed by atoms with Crippen molar-refractivity contribution in [2.45, 2.75) is 46.1 Å². The molecular weight excluding hydrogens is 248 g/mol. The van der Waals surface area contributed by atoms with Crippen LogP contribution in [-0.2, 0) is 11.2 Å². The lowest BCUT2D eigenvalue weighted by atomic mass is 9.97. The van der Waals surface area contributed by atoms with Crippen LogP contribution in [0.1, 0.15) is 39.7 Å². The number of piperazine rings is 1. The lowest BCUT2D eigenvalue weighted by Crippen LogP contribution is -2.60. The molecule has 1 heterocycles. The number of carbonyl (C=O) groups is 1. The van der Waals surface area contributed by atoms with Gasteiger partial charge in [-0.15, -0.1) is 0 Å². The number of hydrogen-bond donors (Lipinski definition) is 0. The van der Waals surface area contributed by atoms with E-state index in [1.165, 1.54) is 11.3 Å². The Balaban J connectivity index is 2.19. The second-order valence-electron chi connectivity index (χ2n) is 6.16. The molecule has 1 aromatic rings. The van der Waals surface area contributed by atoms with Gasteiger partial charge in [-0.25, -0.2) is 0 Å². The second-order valence-corrected chi connectivity index (χ2v) is 6.16. The molecule has 0 radical (unpaired) electrons. The molecule has 1 fully saturated rings. The van der Waals surface area contributed by atoms with Gasteiger partial charge in [0.25, 0.3) is 0 Å². The lowest BCUT2D eigenvalue weighted by Gasteiger charge is -2.48. The summed E-state index contributed by atoms with van der Waals surface area (Å²) in [6.07, 6.45) is 1.66. The van der Waals surface area contributed by atoms with Gasteiger partial charge in [0.1, 0.15) is 0 Å². The first-order chi connectivity index (χ1) is 9.47. The fourth-order valence-electron chi connectivity index (χ4n) is 3.01. The number of hydrogen-bond acceptors (Lipinski definition) is 2. The molecule has 0 spiro atoms. The Hall–Kier alpha value is -1.51. The van der Waals surface area contributed by atoms with E-state index < -0.39 is 0 Å². The first-order valence-corrected chi connectivity index (χ1v) is 7.62. The molecule has 0 bridgehead atoms. The summed E-state index contributed by atoms with van der Waals surface area (Å²) < 4.78 is 0. The third-order valence-corrected chi connectivity index (χ3v) is 4.19. The molecule has 1 aliphatic rings. The zero-order valence-electron chi connectivity index (χ0n) is 13.1. The summed E-state index contributed by atoms with van der Waals surface area (Å²) >= 11 is 0. The van der Waals surface area contributed by atoms with Crippen LogP contribution in [0.15, 0.2) is 24.3 Å². The van der Waals surface area contributed by atoms with Gasteiger partial charge in [0, 0.05) is 31.7 Å². The van der Waals surface area contributed by atoms with Crippen LogP contribution in [0, 0.1) is 0 Å². The van der Waals surface area contributed by atoms with Crippen molar-refractivity contribution in [1.29, 1.82) is 0 Å². The van der Waals surface area contributed by atoms with Gasteiger partial charge in [0.15, 0.2) is 0 Å². The minimum absolute atomic E-state index is 0.0184. The molecule has 0 aromatic heterocycles. The molecule has 1 aliphatic heterocycles. The van der Waals surface area contributed by atoms with Crippen LogP contribution in [-0.4, -0.2) is 36.0 Å². The van der Waals surface area contributed by atoms with Gasteiger partial charge in [-0.05, 0) is 38.0 Å². The fraction of sp³-hybridized carbons (Fsp3) is 0.588. The van der Waals surface area contributed by atoms with Gasteiger partial charge in [-0.2, -0.15) is 0 Å². The van der Waals surface area contributed by atoms with E-state index >= 15 is 0 Å². The molecule has 0 saturated carbocycles. The van der Waals surface area contributed by atoms with Gasteiger partial charge >= 0.3 is 0 Å². The van der Waals surface area contributed by atoms with Crippen LogP contribution < -0.4 is 4.90 Å². The molecule has 0 unspecified atom stereocenters. The number of anilines is 1. The molecule has 0 atom stereocenters. The van der Waals surface area contributed by atoms with Crippen molar-refractivity contribution < 1.29 is 4.79 Å². The van der Waals surface area contributed by atoms with E-state index in [4.69, 9.17) is 0 Å². The van der Waals surface area contributed by atoms with Crippen molar-refractivity contribution in [3.05, 3.63) is 29.8 Å². The molecule has 3 nitrogen and oxygen atoms in total. The predicted molar refractivity (Wildman–Crippen MR) is 84.1 cm³/mol. The topological polar surface area (TPSA) is 23.6 Å². The average Bonchev–Trinajstić information content (AvgIpc) is 2.45. The minimum Gasteiger partial charge on any atom is -0.363 e. The lowest BCUT2D eigenvalue weighted by molar-refractivity contribution is -0.132. The molecule has 2 rings (SSSR count). The van der Waals surface area contributed by atoms with Gasteiger partial charge in [0.05, 0.1) is 5.54 Å². The smallest absolute Gasteiger partial charge is 0.222 e. The molecule has 110 valence electrons. The SMILES string of the molecule is CCC(=O)N1CCN(c2cccc(CC)c2)C(C)(C)C1. The summed E-state index contributed by atoms with van der Waals surface area (Å²) in [4.78, 5) is 16.3. The van der Waals surface area contributed by atoms with E-state index in [9.17, 15) is 4.79 Å². The molecule has 1 amide bonds. The number of carbonyl (C=O) groups excluding carboxylic acids is 1. The second kappa shape index (κ2) is 5.86. The van der Waals surface area contributed by atoms with E-state index in [2.05, 4.69) is 49.9 Å². The third kappa shape index (κ3) is 2.97. The Kier molecular flexibility index (Phi) is 4.36. The summed E-state index contributed by atoms with van der Waals surface area (Å²) in [5, 5.41) is 0. The van der Waals surface area contributed by atoms with Gasteiger partial charge in [-0.1, -0.05) is 26.0 Å². The number of benzene rings is 1. The Morgan fingerprint density at radius 3 is 2.60 bits per heavy atom. The van der Waals surface area contributed by atoms with E-state index in [0.717, 1.165) is 26.1 Å². The maximum Gasteiger partial charge on any atom is 0.222 e. The first-order valence-electron chi connectivity index (χ1n) is 7.62. The molecule has 0 N–H and O–H groups in total. The summed E-state index contributed by atoms with van der Waals surface area (Å²) in [5.74, 6) is 0.264. The highest BCUT2D eigenvalue weighted by Crippen LogP contribution is 2.28. The zero-order chi connectivity index (χ0) is 14.8. The van der Waals surface area contributed by atoms with Crippen LogP contribution in [0.5, 0.6) is 0 Å². The van der Waals surface area contributed by atoms with Crippen molar-refractivity contribution in [3.8, 4) is 0 Å². The monoisotopic (exact) mass is 274 g/mol. The molecule has 0 aliphatic carbocycles. The number of rotatable bonds is 3. The van der Waals surface area contributed by atoms with Gasteiger partial charge in [0.2, 0.25) is 5.91 Å². The van der Waals surface area contributed by atoms with Crippen molar-refractivity contribution in [1.82, 2.24) is 4.90 Å². The Morgan fingerprint density at radius 2 is 2.00 bits per heavy atom. The molecule has 20 heavy (non-hydrogen) atoms. The highest BCUT2D eigenvalue weighted by molar-refractivity contribution is 5.76. The highest BCUT2D eigenvalue weighted by atomic mass is 16.2. The highest BCUT2D eigenvalue weighted by Gasteiger charge is 2.35. The summed E-state index contributed by atoms with van der Waals surface area (Å²) in [6, 6.07) is 8.76. The largest absolute Gasteiger partial charge is 0.363 e. The quantitative estimate of drug-likeness (QED) is 0.845. The molecule has 1 aromatic carbocycles. The number of nitrogens with zero attached hydrogens (tertiary/aromatic N) is 2. The van der Waals surface area contributed by atoms with Crippen LogP contribution >= 0.6 is 0 Å². The van der Waals surface area contributed by atoms with E-state index in [-0.39, 0.29) is 11.4 Å². The molecule has 3 heteroatoms.